The van der Waals surface area contributed by atoms with Crippen LogP contribution in [-0.2, 0) is 0 Å². The Morgan fingerprint density at radius 1 is 1.24 bits per heavy atom. The molecule has 0 aliphatic heterocycles. The number of benzene rings is 1. The van der Waals surface area contributed by atoms with E-state index in [1.165, 1.54) is 30.5 Å². The molecule has 0 spiro atoms. The van der Waals surface area contributed by atoms with E-state index in [-0.39, 0.29) is 0 Å². The summed E-state index contributed by atoms with van der Waals surface area (Å²) < 4.78 is 0. The fourth-order valence-corrected chi connectivity index (χ4v) is 2.85. The molecule has 1 aliphatic carbocycles. The second kappa shape index (κ2) is 5.30. The lowest BCUT2D eigenvalue weighted by atomic mass is 9.80. The molecule has 3 unspecified atom stereocenters. The van der Waals surface area contributed by atoms with Crippen molar-refractivity contribution in [3.05, 3.63) is 28.8 Å². The zero-order valence-electron chi connectivity index (χ0n) is 11.0. The molecule has 3 atom stereocenters. The van der Waals surface area contributed by atoms with Crippen LogP contribution in [0.25, 0.3) is 0 Å². The predicted octanol–water partition coefficient (Wildman–Crippen LogP) is 4.89. The Balaban J connectivity index is 2.11. The second-order valence-corrected chi connectivity index (χ2v) is 6.04. The first kappa shape index (κ1) is 12.8. The molecule has 0 radical (unpaired) electrons. The summed E-state index contributed by atoms with van der Waals surface area (Å²) in [6.07, 6.45) is 3.97. The van der Waals surface area contributed by atoms with Gasteiger partial charge in [-0.25, -0.2) is 0 Å². The summed E-state index contributed by atoms with van der Waals surface area (Å²) >= 11 is 6.06. The fraction of sp³-hybridized carbons (Fsp3) is 0.600. The van der Waals surface area contributed by atoms with E-state index in [9.17, 15) is 0 Å². The van der Waals surface area contributed by atoms with Gasteiger partial charge in [0.2, 0.25) is 0 Å². The van der Waals surface area contributed by atoms with Gasteiger partial charge < -0.3 is 5.32 Å². The van der Waals surface area contributed by atoms with Gasteiger partial charge >= 0.3 is 0 Å². The Labute approximate surface area is 110 Å². The summed E-state index contributed by atoms with van der Waals surface area (Å²) in [5.41, 5.74) is 2.48. The van der Waals surface area contributed by atoms with Crippen molar-refractivity contribution in [2.45, 2.75) is 46.1 Å². The highest BCUT2D eigenvalue weighted by Gasteiger charge is 2.25. The molecule has 1 fully saturated rings. The molecule has 1 nitrogen and oxygen atoms in total. The summed E-state index contributed by atoms with van der Waals surface area (Å²) in [7, 11) is 0. The normalized spacial score (nSPS) is 29.1. The first-order valence-corrected chi connectivity index (χ1v) is 6.96. The van der Waals surface area contributed by atoms with Crippen LogP contribution in [0, 0.1) is 18.8 Å². The number of rotatable bonds is 2. The van der Waals surface area contributed by atoms with E-state index in [0.29, 0.717) is 6.04 Å². The summed E-state index contributed by atoms with van der Waals surface area (Å²) in [4.78, 5) is 0. The van der Waals surface area contributed by atoms with Gasteiger partial charge in [0.15, 0.2) is 0 Å². The van der Waals surface area contributed by atoms with Gasteiger partial charge in [-0.15, -0.1) is 0 Å². The number of halogens is 1. The Kier molecular flexibility index (Phi) is 3.98. The SMILES string of the molecule is Cc1ccc(Cl)cc1NC1CC(C)CCC1C. The molecule has 17 heavy (non-hydrogen) atoms. The van der Waals surface area contributed by atoms with E-state index >= 15 is 0 Å². The van der Waals surface area contributed by atoms with Crippen LogP contribution in [0.15, 0.2) is 18.2 Å². The molecule has 1 N–H and O–H groups in total. The maximum Gasteiger partial charge on any atom is 0.0426 e. The Morgan fingerprint density at radius 2 is 2.00 bits per heavy atom. The molecule has 1 saturated carbocycles. The van der Waals surface area contributed by atoms with Gasteiger partial charge in [-0.3, -0.25) is 0 Å². The van der Waals surface area contributed by atoms with Crippen LogP contribution >= 0.6 is 11.6 Å². The Hall–Kier alpha value is -0.690. The average Bonchev–Trinajstić information content (AvgIpc) is 2.28. The van der Waals surface area contributed by atoms with Crippen LogP contribution in [0.1, 0.15) is 38.7 Å². The largest absolute Gasteiger partial charge is 0.382 e. The van der Waals surface area contributed by atoms with Crippen LogP contribution in [-0.4, -0.2) is 6.04 Å². The van der Waals surface area contributed by atoms with Gasteiger partial charge in [0.25, 0.3) is 0 Å². The lowest BCUT2D eigenvalue weighted by Gasteiger charge is -2.34. The van der Waals surface area contributed by atoms with E-state index in [1.807, 2.05) is 12.1 Å². The Bertz CT molecular complexity index is 389. The smallest absolute Gasteiger partial charge is 0.0426 e. The predicted molar refractivity (Wildman–Crippen MR) is 75.8 cm³/mol. The molecule has 0 amide bonds. The molecule has 0 heterocycles. The van der Waals surface area contributed by atoms with Crippen molar-refractivity contribution in [3.8, 4) is 0 Å². The van der Waals surface area contributed by atoms with Crippen LogP contribution in [0.4, 0.5) is 5.69 Å². The third kappa shape index (κ3) is 3.16. The van der Waals surface area contributed by atoms with Gasteiger partial charge in [-0.05, 0) is 49.3 Å². The van der Waals surface area contributed by atoms with Crippen molar-refractivity contribution in [1.82, 2.24) is 0 Å². The number of aryl methyl sites for hydroxylation is 1. The quantitative estimate of drug-likeness (QED) is 0.790. The minimum absolute atomic E-state index is 0.593. The van der Waals surface area contributed by atoms with Crippen molar-refractivity contribution in [2.24, 2.45) is 11.8 Å². The number of hydrogen-bond donors (Lipinski definition) is 1. The monoisotopic (exact) mass is 251 g/mol. The van der Waals surface area contributed by atoms with E-state index in [4.69, 9.17) is 11.6 Å². The summed E-state index contributed by atoms with van der Waals surface area (Å²) in [5.74, 6) is 1.59. The third-order valence-electron chi connectivity index (χ3n) is 4.00. The van der Waals surface area contributed by atoms with Crippen molar-refractivity contribution in [1.29, 1.82) is 0 Å². The van der Waals surface area contributed by atoms with E-state index in [1.54, 1.807) is 0 Å². The Morgan fingerprint density at radius 3 is 2.76 bits per heavy atom. The van der Waals surface area contributed by atoms with Crippen LogP contribution in [0.2, 0.25) is 5.02 Å². The van der Waals surface area contributed by atoms with E-state index in [0.717, 1.165) is 16.9 Å². The van der Waals surface area contributed by atoms with Crippen molar-refractivity contribution in [3.63, 3.8) is 0 Å². The lowest BCUT2D eigenvalue weighted by molar-refractivity contribution is 0.280. The topological polar surface area (TPSA) is 12.0 Å². The number of anilines is 1. The minimum Gasteiger partial charge on any atom is -0.382 e. The molecular weight excluding hydrogens is 230 g/mol. The molecule has 0 aromatic heterocycles. The summed E-state index contributed by atoms with van der Waals surface area (Å²) in [5, 5.41) is 4.50. The molecule has 0 bridgehead atoms. The minimum atomic E-state index is 0.593. The summed E-state index contributed by atoms with van der Waals surface area (Å²) in [6.45, 7) is 6.84. The molecule has 94 valence electrons. The first-order valence-electron chi connectivity index (χ1n) is 6.59. The van der Waals surface area contributed by atoms with Crippen molar-refractivity contribution in [2.75, 3.05) is 5.32 Å². The maximum atomic E-state index is 6.06. The van der Waals surface area contributed by atoms with Gasteiger partial charge in [0, 0.05) is 16.8 Å². The molecule has 2 heteroatoms. The maximum absolute atomic E-state index is 6.06. The van der Waals surface area contributed by atoms with Crippen molar-refractivity contribution < 1.29 is 0 Å². The zero-order chi connectivity index (χ0) is 12.4. The van der Waals surface area contributed by atoms with Gasteiger partial charge in [-0.2, -0.15) is 0 Å². The molecule has 2 rings (SSSR count). The van der Waals surface area contributed by atoms with Crippen LogP contribution < -0.4 is 5.32 Å². The molecule has 1 aliphatic rings. The van der Waals surface area contributed by atoms with Gasteiger partial charge in [0.1, 0.15) is 0 Å². The third-order valence-corrected chi connectivity index (χ3v) is 4.23. The molecule has 1 aromatic rings. The standard InChI is InChI=1S/C15H22ClN/c1-10-4-5-11(2)14(8-10)17-15-9-13(16)7-6-12(15)3/h6-7,9-11,14,17H,4-5,8H2,1-3H3. The second-order valence-electron chi connectivity index (χ2n) is 5.61. The molecule has 1 aromatic carbocycles. The first-order chi connectivity index (χ1) is 8.06. The summed E-state index contributed by atoms with van der Waals surface area (Å²) in [6, 6.07) is 6.68. The fourth-order valence-electron chi connectivity index (χ4n) is 2.68. The zero-order valence-corrected chi connectivity index (χ0v) is 11.7. The molecular formula is C15H22ClN. The lowest BCUT2D eigenvalue weighted by Crippen LogP contribution is -2.33. The van der Waals surface area contributed by atoms with Crippen molar-refractivity contribution >= 4 is 17.3 Å². The molecule has 0 saturated heterocycles. The van der Waals surface area contributed by atoms with Crippen LogP contribution in [0.5, 0.6) is 0 Å². The van der Waals surface area contributed by atoms with Gasteiger partial charge in [-0.1, -0.05) is 37.9 Å². The highest BCUT2D eigenvalue weighted by Crippen LogP contribution is 2.32. The number of nitrogens with one attached hydrogen (secondary N) is 1. The van der Waals surface area contributed by atoms with E-state index in [2.05, 4.69) is 32.2 Å². The number of hydrogen-bond acceptors (Lipinski definition) is 1. The average molecular weight is 252 g/mol. The van der Waals surface area contributed by atoms with Gasteiger partial charge in [0.05, 0.1) is 0 Å². The highest BCUT2D eigenvalue weighted by molar-refractivity contribution is 6.30. The van der Waals surface area contributed by atoms with E-state index < -0.39 is 0 Å². The highest BCUT2D eigenvalue weighted by atomic mass is 35.5. The van der Waals surface area contributed by atoms with Crippen LogP contribution in [0.3, 0.4) is 0 Å².